The van der Waals surface area contributed by atoms with Crippen LogP contribution in [-0.4, -0.2) is 8.80 Å². The van der Waals surface area contributed by atoms with Gasteiger partial charge in [-0.05, 0) is 104 Å². The molecule has 4 aliphatic rings. The van der Waals surface area contributed by atoms with Gasteiger partial charge < -0.3 is 14.9 Å². The predicted octanol–water partition coefficient (Wildman–Crippen LogP) is 15.6. The zero-order chi connectivity index (χ0) is 36.9. The molecule has 0 spiro atoms. The Balaban J connectivity index is 0.00000146. The third kappa shape index (κ3) is 10.9. The molecule has 0 bridgehead atoms. The standard InChI is InChI=1S/C47H66Si.2CH3.2ClH.Zr/c1-10-11-12-13-14-29-48(44-32(2)30-42-38(17-15-19-40(42)44)34-21-25-36(26-22-34)46(4,5)6)45-33(3)31-43-39(18-16-20-41(43)45)35-23-27-37(28-24-35)47(7,8)9;;;;;/h15-28,32-33,40-45,48H,10-14,29-31H2,1-9H3;2*1H3;2*1H;/q;2*-1;;;+4/p-2. The summed E-state index contributed by atoms with van der Waals surface area (Å²) in [6, 6.07) is 20.8. The van der Waals surface area contributed by atoms with Crippen molar-refractivity contribution >= 4 is 37.0 Å². The van der Waals surface area contributed by atoms with Crippen LogP contribution < -0.4 is 0 Å². The predicted molar refractivity (Wildman–Crippen MR) is 239 cm³/mol. The van der Waals surface area contributed by atoms with E-state index in [2.05, 4.69) is 147 Å². The summed E-state index contributed by atoms with van der Waals surface area (Å²) < 4.78 is 0. The van der Waals surface area contributed by atoms with Crippen LogP contribution >= 0.6 is 17.0 Å². The Morgan fingerprint density at radius 3 is 1.36 bits per heavy atom. The minimum absolute atomic E-state index is 0. The molecule has 0 radical (unpaired) electrons. The van der Waals surface area contributed by atoms with E-state index < -0.39 is 29.6 Å². The third-order valence-corrected chi connectivity index (χ3v) is 18.5. The van der Waals surface area contributed by atoms with Crippen LogP contribution in [0.15, 0.2) is 85.0 Å². The first-order chi connectivity index (χ1) is 24.3. The molecule has 0 amide bonds. The van der Waals surface area contributed by atoms with E-state index in [0.29, 0.717) is 23.7 Å². The van der Waals surface area contributed by atoms with Gasteiger partial charge in [0, 0.05) is 8.80 Å². The van der Waals surface area contributed by atoms with E-state index in [-0.39, 0.29) is 25.7 Å². The molecule has 2 aromatic carbocycles. The van der Waals surface area contributed by atoms with E-state index in [1.165, 1.54) is 67.2 Å². The van der Waals surface area contributed by atoms with Crippen molar-refractivity contribution in [3.05, 3.63) is 122 Å². The number of allylic oxidation sites excluding steroid dienone is 8. The Morgan fingerprint density at radius 2 is 1.00 bits per heavy atom. The summed E-state index contributed by atoms with van der Waals surface area (Å²) in [5, 5.41) is 0. The van der Waals surface area contributed by atoms with Gasteiger partial charge in [0.15, 0.2) is 0 Å². The average molecular weight is 851 g/mol. The fourth-order valence-corrected chi connectivity index (χ4v) is 16.7. The Hall–Kier alpha value is -0.920. The molecule has 4 aliphatic carbocycles. The molecule has 0 aromatic heterocycles. The number of hydrogen-bond donors (Lipinski definition) is 0. The molecule has 0 heterocycles. The first-order valence-electron chi connectivity index (χ1n) is 20.2. The van der Waals surface area contributed by atoms with E-state index in [1.54, 1.807) is 17.2 Å². The van der Waals surface area contributed by atoms with E-state index >= 15 is 0 Å². The zero-order valence-corrected chi connectivity index (χ0v) is 40.3. The Bertz CT molecular complexity index is 1430. The summed E-state index contributed by atoms with van der Waals surface area (Å²) in [5.41, 5.74) is 11.2. The maximum absolute atomic E-state index is 4.93. The van der Waals surface area contributed by atoms with Crippen LogP contribution in [-0.2, 0) is 31.7 Å². The maximum atomic E-state index is 4.93. The molecular formula is C49H72Cl2SiZr. The van der Waals surface area contributed by atoms with E-state index in [1.807, 2.05) is 0 Å². The molecule has 8 unspecified atom stereocenters. The second-order valence-electron chi connectivity index (χ2n) is 18.6. The average Bonchev–Trinajstić information content (AvgIpc) is 3.61. The molecule has 2 fully saturated rings. The van der Waals surface area contributed by atoms with E-state index in [4.69, 9.17) is 17.0 Å². The molecule has 0 saturated heterocycles. The van der Waals surface area contributed by atoms with E-state index in [0.717, 1.165) is 22.9 Å². The molecule has 290 valence electrons. The van der Waals surface area contributed by atoms with Gasteiger partial charge in [-0.2, -0.15) is 0 Å². The van der Waals surface area contributed by atoms with Gasteiger partial charge in [-0.25, -0.2) is 0 Å². The van der Waals surface area contributed by atoms with Crippen LogP contribution in [0.25, 0.3) is 11.1 Å². The molecule has 0 aliphatic heterocycles. The molecule has 6 rings (SSSR count). The molecule has 2 saturated carbocycles. The van der Waals surface area contributed by atoms with Crippen LogP contribution in [0.5, 0.6) is 0 Å². The summed E-state index contributed by atoms with van der Waals surface area (Å²) in [4.78, 5) is 0. The first kappa shape index (κ1) is 46.5. The van der Waals surface area contributed by atoms with Crippen LogP contribution in [0.3, 0.4) is 0 Å². The third-order valence-electron chi connectivity index (χ3n) is 13.2. The van der Waals surface area contributed by atoms with Gasteiger partial charge in [-0.3, -0.25) is 0 Å². The number of benzene rings is 2. The van der Waals surface area contributed by atoms with Crippen LogP contribution in [0.4, 0.5) is 0 Å². The molecule has 53 heavy (non-hydrogen) atoms. The quantitative estimate of drug-likeness (QED) is 0.127. The second kappa shape index (κ2) is 20.5. The number of rotatable bonds is 10. The fraction of sp³-hybridized carbons (Fsp3) is 0.551. The van der Waals surface area contributed by atoms with Crippen molar-refractivity contribution in [1.82, 2.24) is 0 Å². The Kier molecular flexibility index (Phi) is 18.0. The molecule has 4 heteroatoms. The Labute approximate surface area is 348 Å². The van der Waals surface area contributed by atoms with Crippen LogP contribution in [0.1, 0.15) is 130 Å². The summed E-state index contributed by atoms with van der Waals surface area (Å²) in [5.74, 6) is 4.41. The summed E-state index contributed by atoms with van der Waals surface area (Å²) >= 11 is -0.826. The number of fused-ring (bicyclic) bond motifs is 2. The first-order valence-corrected chi connectivity index (χ1v) is 28.7. The van der Waals surface area contributed by atoms with Crippen molar-refractivity contribution < 1.29 is 20.8 Å². The topological polar surface area (TPSA) is 0 Å². The van der Waals surface area contributed by atoms with Gasteiger partial charge in [0.25, 0.3) is 0 Å². The zero-order valence-electron chi connectivity index (χ0n) is 35.2. The van der Waals surface area contributed by atoms with Crippen molar-refractivity contribution in [3.8, 4) is 0 Å². The van der Waals surface area contributed by atoms with Gasteiger partial charge in [-0.1, -0.05) is 185 Å². The monoisotopic (exact) mass is 848 g/mol. The van der Waals surface area contributed by atoms with Crippen LogP contribution in [0, 0.1) is 50.4 Å². The minimum atomic E-state index is -1.16. The normalized spacial score (nSPS) is 27.8. The van der Waals surface area contributed by atoms with Crippen molar-refractivity contribution in [1.29, 1.82) is 0 Å². The van der Waals surface area contributed by atoms with Gasteiger partial charge in [-0.15, -0.1) is 0 Å². The number of unbranched alkanes of at least 4 members (excludes halogenated alkanes) is 4. The molecule has 2 aromatic rings. The summed E-state index contributed by atoms with van der Waals surface area (Å²) in [6.07, 6.45) is 25.0. The SMILES string of the molecule is CCCCCCC[SiH](C1C(C)CC2C(c3ccc(C(C)(C)C)cc3)=CC=CC21)C1C(C)CC2C(c3ccc(C(C)(C)C)cc3)=CC=CC21.[CH3-].[CH3-].[Cl][Zr+2][Cl]. The van der Waals surface area contributed by atoms with Gasteiger partial charge in [0.05, 0.1) is 0 Å². The number of hydrogen-bond acceptors (Lipinski definition) is 0. The van der Waals surface area contributed by atoms with Gasteiger partial charge in [0.2, 0.25) is 0 Å². The second-order valence-corrected chi connectivity index (χ2v) is 25.7. The van der Waals surface area contributed by atoms with Gasteiger partial charge in [0.1, 0.15) is 0 Å². The van der Waals surface area contributed by atoms with Gasteiger partial charge >= 0.3 is 37.9 Å². The molecule has 0 nitrogen and oxygen atoms in total. The Morgan fingerprint density at radius 1 is 0.623 bits per heavy atom. The summed E-state index contributed by atoms with van der Waals surface area (Å²) in [7, 11) is 8.71. The fourth-order valence-electron chi connectivity index (χ4n) is 10.7. The van der Waals surface area contributed by atoms with Crippen molar-refractivity contribution in [2.24, 2.45) is 35.5 Å². The van der Waals surface area contributed by atoms with Crippen LogP contribution in [0.2, 0.25) is 17.1 Å². The molecule has 8 atom stereocenters. The van der Waals surface area contributed by atoms with Crippen molar-refractivity contribution in [3.63, 3.8) is 0 Å². The molecule has 0 N–H and O–H groups in total. The van der Waals surface area contributed by atoms with Crippen molar-refractivity contribution in [2.45, 2.75) is 135 Å². The molecular weight excluding hydrogens is 779 g/mol. The summed E-state index contributed by atoms with van der Waals surface area (Å²) in [6.45, 7) is 21.6. The van der Waals surface area contributed by atoms with E-state index in [9.17, 15) is 0 Å². The van der Waals surface area contributed by atoms with Crippen molar-refractivity contribution in [2.75, 3.05) is 0 Å². The number of halogens is 2.